The maximum Gasteiger partial charge on any atom is 0.276 e. The number of halogens is 2. The highest BCUT2D eigenvalue weighted by Gasteiger charge is 2.22. The van der Waals surface area contributed by atoms with Crippen LogP contribution in [-0.2, 0) is 5.41 Å². The lowest BCUT2D eigenvalue weighted by Gasteiger charge is -2.10. The van der Waals surface area contributed by atoms with Crippen LogP contribution >= 0.6 is 11.6 Å². The highest BCUT2D eigenvalue weighted by atomic mass is 35.5. The minimum atomic E-state index is -0.489. The van der Waals surface area contributed by atoms with E-state index in [2.05, 4.69) is 25.1 Å². The molecule has 3 N–H and O–H groups in total. The number of H-pyrrole nitrogens is 1. The Bertz CT molecular complexity index is 1160. The first kappa shape index (κ1) is 19.1. The fourth-order valence-electron chi connectivity index (χ4n) is 2.75. The summed E-state index contributed by atoms with van der Waals surface area (Å²) in [6.07, 6.45) is 1.60. The maximum atomic E-state index is 14.2. The molecule has 148 valence electrons. The maximum absolute atomic E-state index is 14.2. The summed E-state index contributed by atoms with van der Waals surface area (Å²) in [5.74, 6) is 0.899. The first-order chi connectivity index (χ1) is 13.7. The number of aromatic nitrogens is 5. The number of anilines is 1. The summed E-state index contributed by atoms with van der Waals surface area (Å²) >= 11 is 6.12. The van der Waals surface area contributed by atoms with E-state index in [4.69, 9.17) is 21.9 Å². The summed E-state index contributed by atoms with van der Waals surface area (Å²) in [6, 6.07) is 7.96. The first-order valence-corrected chi connectivity index (χ1v) is 9.22. The number of aromatic amines is 1. The number of pyridine rings is 1. The van der Waals surface area contributed by atoms with Gasteiger partial charge in [0.1, 0.15) is 23.2 Å². The van der Waals surface area contributed by atoms with Crippen LogP contribution in [0.25, 0.3) is 34.2 Å². The van der Waals surface area contributed by atoms with E-state index < -0.39 is 5.82 Å². The van der Waals surface area contributed by atoms with E-state index in [9.17, 15) is 4.39 Å². The molecule has 3 heterocycles. The second-order valence-electron chi connectivity index (χ2n) is 7.55. The molecule has 0 spiro atoms. The van der Waals surface area contributed by atoms with E-state index in [1.54, 1.807) is 24.4 Å². The normalized spacial score (nSPS) is 11.8. The van der Waals surface area contributed by atoms with Crippen LogP contribution in [0.3, 0.4) is 0 Å². The topological polar surface area (TPSA) is 107 Å². The molecule has 0 aliphatic rings. The zero-order valence-electron chi connectivity index (χ0n) is 16.0. The molecule has 9 heteroatoms. The highest BCUT2D eigenvalue weighted by molar-refractivity contribution is 6.33. The minimum Gasteiger partial charge on any atom is -0.382 e. The molecule has 7 nitrogen and oxygen atoms in total. The molecule has 0 amide bonds. The van der Waals surface area contributed by atoms with Crippen LogP contribution < -0.4 is 5.73 Å². The van der Waals surface area contributed by atoms with Crippen molar-refractivity contribution < 1.29 is 8.91 Å². The summed E-state index contributed by atoms with van der Waals surface area (Å²) < 4.78 is 19.5. The molecular weight excluding hydrogens is 395 g/mol. The van der Waals surface area contributed by atoms with Crippen molar-refractivity contribution in [3.63, 3.8) is 0 Å². The second-order valence-corrected chi connectivity index (χ2v) is 7.95. The van der Waals surface area contributed by atoms with Gasteiger partial charge in [-0.3, -0.25) is 4.98 Å². The lowest BCUT2D eigenvalue weighted by molar-refractivity contribution is 0.401. The van der Waals surface area contributed by atoms with Gasteiger partial charge in [0.25, 0.3) is 5.89 Å². The van der Waals surface area contributed by atoms with E-state index in [0.29, 0.717) is 28.7 Å². The van der Waals surface area contributed by atoms with E-state index in [1.807, 2.05) is 20.8 Å². The van der Waals surface area contributed by atoms with Crippen LogP contribution in [0.4, 0.5) is 10.2 Å². The zero-order chi connectivity index (χ0) is 20.8. The van der Waals surface area contributed by atoms with Gasteiger partial charge in [-0.1, -0.05) is 43.6 Å². The predicted molar refractivity (Wildman–Crippen MR) is 109 cm³/mol. The Kier molecular flexibility index (Phi) is 4.58. The fraction of sp³-hybridized carbons (Fsp3) is 0.200. The number of nitrogen functional groups attached to an aromatic ring is 1. The largest absolute Gasteiger partial charge is 0.382 e. The Morgan fingerprint density at radius 3 is 2.55 bits per heavy atom. The number of hydrogen-bond donors (Lipinski definition) is 2. The molecule has 0 fully saturated rings. The minimum absolute atomic E-state index is 0.164. The molecule has 0 atom stereocenters. The van der Waals surface area contributed by atoms with E-state index >= 15 is 0 Å². The van der Waals surface area contributed by atoms with Gasteiger partial charge in [-0.05, 0) is 24.3 Å². The smallest absolute Gasteiger partial charge is 0.276 e. The standard InChI is InChI=1S/C20H18ClFN6O/c1-20(2,3)19-27-18(29-28-19)13-8-7-10(9-24-13)15-16(23)26-17(25-15)14-11(21)5-4-6-12(14)22/h4-9H,23H2,1-3H3,(H,25,26). The lowest BCUT2D eigenvalue weighted by atomic mass is 9.96. The van der Waals surface area contributed by atoms with Crippen molar-refractivity contribution in [3.05, 3.63) is 53.2 Å². The second kappa shape index (κ2) is 6.97. The van der Waals surface area contributed by atoms with Gasteiger partial charge in [0.2, 0.25) is 0 Å². The molecule has 0 saturated heterocycles. The van der Waals surface area contributed by atoms with Crippen LogP contribution in [0.15, 0.2) is 41.1 Å². The van der Waals surface area contributed by atoms with Crippen LogP contribution in [0.1, 0.15) is 26.6 Å². The number of imidazole rings is 1. The van der Waals surface area contributed by atoms with Gasteiger partial charge in [-0.25, -0.2) is 9.37 Å². The number of rotatable bonds is 3. The third kappa shape index (κ3) is 3.58. The predicted octanol–water partition coefficient (Wildman–Crippen LogP) is 4.86. The lowest BCUT2D eigenvalue weighted by Crippen LogP contribution is -2.13. The molecule has 0 aliphatic heterocycles. The van der Waals surface area contributed by atoms with Gasteiger partial charge in [0, 0.05) is 17.2 Å². The van der Waals surface area contributed by atoms with Crippen LogP contribution in [0.5, 0.6) is 0 Å². The molecule has 1 aromatic carbocycles. The Balaban J connectivity index is 1.67. The van der Waals surface area contributed by atoms with E-state index in [-0.39, 0.29) is 27.6 Å². The number of benzene rings is 1. The van der Waals surface area contributed by atoms with E-state index in [1.165, 1.54) is 12.1 Å². The first-order valence-electron chi connectivity index (χ1n) is 8.85. The Morgan fingerprint density at radius 1 is 1.14 bits per heavy atom. The fourth-order valence-corrected chi connectivity index (χ4v) is 3.00. The van der Waals surface area contributed by atoms with Gasteiger partial charge < -0.3 is 15.2 Å². The van der Waals surface area contributed by atoms with Crippen molar-refractivity contribution in [1.29, 1.82) is 0 Å². The Labute approximate surface area is 171 Å². The number of nitrogens with one attached hydrogen (secondary N) is 1. The molecule has 0 unspecified atom stereocenters. The Hall–Kier alpha value is -3.26. The summed E-state index contributed by atoms with van der Waals surface area (Å²) in [7, 11) is 0. The zero-order valence-corrected chi connectivity index (χ0v) is 16.8. The van der Waals surface area contributed by atoms with Crippen molar-refractivity contribution in [2.24, 2.45) is 0 Å². The van der Waals surface area contributed by atoms with Crippen LogP contribution in [-0.4, -0.2) is 25.1 Å². The SMILES string of the molecule is CC(C)(C)c1noc(-c2ccc(-c3[nH]c(-c4c(F)cccc4Cl)nc3N)cn2)n1. The average Bonchev–Trinajstić information content (AvgIpc) is 3.29. The van der Waals surface area contributed by atoms with Gasteiger partial charge >= 0.3 is 0 Å². The van der Waals surface area contributed by atoms with Crippen LogP contribution in [0.2, 0.25) is 5.02 Å². The third-order valence-corrected chi connectivity index (χ3v) is 4.61. The van der Waals surface area contributed by atoms with Crippen LogP contribution in [0, 0.1) is 5.82 Å². The summed E-state index contributed by atoms with van der Waals surface area (Å²) in [5, 5.41) is 4.24. The third-order valence-electron chi connectivity index (χ3n) is 4.30. The highest BCUT2D eigenvalue weighted by Crippen LogP contribution is 2.33. The van der Waals surface area contributed by atoms with Crippen molar-refractivity contribution in [3.8, 4) is 34.2 Å². The Morgan fingerprint density at radius 2 is 1.93 bits per heavy atom. The van der Waals surface area contributed by atoms with Gasteiger partial charge in [0.05, 0.1) is 16.3 Å². The quantitative estimate of drug-likeness (QED) is 0.497. The van der Waals surface area contributed by atoms with Crippen molar-refractivity contribution in [1.82, 2.24) is 25.1 Å². The molecule has 4 rings (SSSR count). The molecule has 0 radical (unpaired) electrons. The molecule has 4 aromatic rings. The molecule has 3 aromatic heterocycles. The van der Waals surface area contributed by atoms with Crippen molar-refractivity contribution in [2.45, 2.75) is 26.2 Å². The summed E-state index contributed by atoms with van der Waals surface area (Å²) in [4.78, 5) is 16.0. The number of nitrogens with two attached hydrogens (primary N) is 1. The monoisotopic (exact) mass is 412 g/mol. The molecule has 29 heavy (non-hydrogen) atoms. The average molecular weight is 413 g/mol. The number of hydrogen-bond acceptors (Lipinski definition) is 6. The molecular formula is C20H18ClFN6O. The summed E-state index contributed by atoms with van der Waals surface area (Å²) in [5.41, 5.74) is 7.69. The molecule has 0 saturated carbocycles. The van der Waals surface area contributed by atoms with Crippen molar-refractivity contribution >= 4 is 17.4 Å². The number of nitrogens with zero attached hydrogens (tertiary/aromatic N) is 4. The van der Waals surface area contributed by atoms with Gasteiger partial charge in [0.15, 0.2) is 5.82 Å². The summed E-state index contributed by atoms with van der Waals surface area (Å²) in [6.45, 7) is 6.00. The van der Waals surface area contributed by atoms with E-state index in [0.717, 1.165) is 0 Å². The molecule has 0 bridgehead atoms. The van der Waals surface area contributed by atoms with Gasteiger partial charge in [-0.15, -0.1) is 0 Å². The van der Waals surface area contributed by atoms with Crippen molar-refractivity contribution in [2.75, 3.05) is 5.73 Å². The molecule has 0 aliphatic carbocycles. The van der Waals surface area contributed by atoms with Gasteiger partial charge in [-0.2, -0.15) is 4.98 Å².